The monoisotopic (exact) mass is 403 g/mol. The van der Waals surface area contributed by atoms with Crippen LogP contribution in [0.25, 0.3) is 11.1 Å². The summed E-state index contributed by atoms with van der Waals surface area (Å²) >= 11 is 0. The van der Waals surface area contributed by atoms with E-state index in [0.29, 0.717) is 24.4 Å². The lowest BCUT2D eigenvalue weighted by molar-refractivity contribution is -0.135. The van der Waals surface area contributed by atoms with Gasteiger partial charge in [-0.15, -0.1) is 0 Å². The van der Waals surface area contributed by atoms with Gasteiger partial charge in [0.1, 0.15) is 12.1 Å². The van der Waals surface area contributed by atoms with Gasteiger partial charge in [0, 0.05) is 5.69 Å². The van der Waals surface area contributed by atoms with Crippen molar-refractivity contribution >= 4 is 23.5 Å². The van der Waals surface area contributed by atoms with Crippen LogP contribution in [-0.4, -0.2) is 34.8 Å². The Balaban J connectivity index is 1.26. The lowest BCUT2D eigenvalue weighted by Crippen LogP contribution is -2.49. The van der Waals surface area contributed by atoms with Crippen LogP contribution in [0, 0.1) is 5.92 Å². The lowest BCUT2D eigenvalue weighted by atomic mass is 9.77. The van der Waals surface area contributed by atoms with Gasteiger partial charge in [0.05, 0.1) is 0 Å². The van der Waals surface area contributed by atoms with Crippen LogP contribution in [0.5, 0.6) is 0 Å². The van der Waals surface area contributed by atoms with Crippen molar-refractivity contribution in [3.8, 4) is 11.1 Å². The standard InChI is InChI=1S/C24H25N3O3/c1-15-8-10-24(11-9-15)22(29)27(23(30)26-24)14-21(28)25-18-6-7-20-17(13-18)12-16-4-2-3-5-19(16)20/h2-7,13,15H,8-12,14H2,1H3,(H,25,28)(H,26,30). The van der Waals surface area contributed by atoms with Gasteiger partial charge >= 0.3 is 6.03 Å². The van der Waals surface area contributed by atoms with Gasteiger partial charge in [0.2, 0.25) is 5.91 Å². The second-order valence-electron chi connectivity index (χ2n) is 8.84. The van der Waals surface area contributed by atoms with Gasteiger partial charge < -0.3 is 10.6 Å². The molecule has 0 radical (unpaired) electrons. The number of nitrogens with zero attached hydrogens (tertiary/aromatic N) is 1. The number of nitrogens with one attached hydrogen (secondary N) is 2. The zero-order chi connectivity index (χ0) is 20.9. The highest BCUT2D eigenvalue weighted by molar-refractivity contribution is 6.10. The molecule has 1 heterocycles. The Morgan fingerprint density at radius 2 is 1.83 bits per heavy atom. The molecule has 0 aromatic heterocycles. The van der Waals surface area contributed by atoms with Crippen molar-refractivity contribution < 1.29 is 14.4 Å². The summed E-state index contributed by atoms with van der Waals surface area (Å²) in [5.41, 5.74) is 4.73. The second-order valence-corrected chi connectivity index (χ2v) is 8.84. The van der Waals surface area contributed by atoms with Crippen molar-refractivity contribution in [2.45, 2.75) is 44.6 Å². The molecule has 0 bridgehead atoms. The van der Waals surface area contributed by atoms with Crippen LogP contribution in [0.1, 0.15) is 43.7 Å². The topological polar surface area (TPSA) is 78.5 Å². The van der Waals surface area contributed by atoms with E-state index in [1.165, 1.54) is 22.3 Å². The van der Waals surface area contributed by atoms with Crippen molar-refractivity contribution in [3.05, 3.63) is 53.6 Å². The van der Waals surface area contributed by atoms with E-state index in [9.17, 15) is 14.4 Å². The molecular weight excluding hydrogens is 378 g/mol. The molecule has 2 aromatic carbocycles. The normalized spacial score (nSPS) is 24.6. The molecule has 0 unspecified atom stereocenters. The van der Waals surface area contributed by atoms with Crippen molar-refractivity contribution in [2.24, 2.45) is 5.92 Å². The first-order valence-electron chi connectivity index (χ1n) is 10.6. The van der Waals surface area contributed by atoms with Crippen LogP contribution >= 0.6 is 0 Å². The summed E-state index contributed by atoms with van der Waals surface area (Å²) in [6.45, 7) is 1.90. The van der Waals surface area contributed by atoms with E-state index in [-0.39, 0.29) is 18.4 Å². The van der Waals surface area contributed by atoms with E-state index in [4.69, 9.17) is 0 Å². The summed E-state index contributed by atoms with van der Waals surface area (Å²) in [6.07, 6.45) is 3.93. The number of hydrogen-bond donors (Lipinski definition) is 2. The van der Waals surface area contributed by atoms with Gasteiger partial charge in [-0.25, -0.2) is 4.79 Å². The predicted octanol–water partition coefficient (Wildman–Crippen LogP) is 3.70. The lowest BCUT2D eigenvalue weighted by Gasteiger charge is -2.33. The van der Waals surface area contributed by atoms with E-state index in [1.807, 2.05) is 30.3 Å². The van der Waals surface area contributed by atoms with E-state index in [1.54, 1.807) is 0 Å². The number of hydrogen-bond acceptors (Lipinski definition) is 3. The molecule has 6 heteroatoms. The quantitative estimate of drug-likeness (QED) is 0.655. The number of carbonyl (C=O) groups is 3. The van der Waals surface area contributed by atoms with Crippen molar-refractivity contribution in [2.75, 3.05) is 11.9 Å². The average Bonchev–Trinajstić information content (AvgIpc) is 3.20. The number of imide groups is 1. The van der Waals surface area contributed by atoms with E-state index < -0.39 is 11.6 Å². The zero-order valence-electron chi connectivity index (χ0n) is 17.0. The Bertz CT molecular complexity index is 1050. The Labute approximate surface area is 175 Å². The molecule has 154 valence electrons. The van der Waals surface area contributed by atoms with Crippen molar-refractivity contribution in [3.63, 3.8) is 0 Å². The number of fused-ring (bicyclic) bond motifs is 3. The largest absolute Gasteiger partial charge is 0.325 e. The summed E-state index contributed by atoms with van der Waals surface area (Å²) in [4.78, 5) is 39.0. The molecule has 30 heavy (non-hydrogen) atoms. The SMILES string of the molecule is CC1CCC2(CC1)NC(=O)N(CC(=O)Nc1ccc3c(c1)Cc1ccccc1-3)C2=O. The molecule has 2 aromatic rings. The smallest absolute Gasteiger partial charge is 0.325 e. The van der Waals surface area contributed by atoms with Gasteiger partial charge in [-0.1, -0.05) is 37.3 Å². The molecule has 2 fully saturated rings. The fourth-order valence-corrected chi connectivity index (χ4v) is 4.98. The first kappa shape index (κ1) is 18.9. The molecule has 2 N–H and O–H groups in total. The third kappa shape index (κ3) is 3.07. The van der Waals surface area contributed by atoms with Gasteiger partial charge in [-0.3, -0.25) is 14.5 Å². The number of benzene rings is 2. The van der Waals surface area contributed by atoms with Crippen LogP contribution in [-0.2, 0) is 16.0 Å². The Kier molecular flexibility index (Phi) is 4.38. The molecule has 1 spiro atoms. The molecule has 0 atom stereocenters. The van der Waals surface area contributed by atoms with E-state index >= 15 is 0 Å². The van der Waals surface area contributed by atoms with Crippen LogP contribution in [0.2, 0.25) is 0 Å². The summed E-state index contributed by atoms with van der Waals surface area (Å²) in [6, 6.07) is 13.7. The molecule has 1 saturated carbocycles. The average molecular weight is 403 g/mol. The number of amides is 4. The summed E-state index contributed by atoms with van der Waals surface area (Å²) in [5, 5.41) is 5.71. The van der Waals surface area contributed by atoms with Crippen LogP contribution in [0.15, 0.2) is 42.5 Å². The molecular formula is C24H25N3O3. The maximum atomic E-state index is 12.9. The first-order valence-corrected chi connectivity index (χ1v) is 10.6. The fraction of sp³-hybridized carbons (Fsp3) is 0.375. The first-order chi connectivity index (χ1) is 14.4. The molecule has 1 aliphatic heterocycles. The van der Waals surface area contributed by atoms with Gasteiger partial charge in [-0.2, -0.15) is 0 Å². The highest BCUT2D eigenvalue weighted by Crippen LogP contribution is 2.38. The van der Waals surface area contributed by atoms with Crippen molar-refractivity contribution in [1.29, 1.82) is 0 Å². The Morgan fingerprint density at radius 3 is 2.63 bits per heavy atom. The summed E-state index contributed by atoms with van der Waals surface area (Å²) in [5.74, 6) is -0.0715. The molecule has 5 rings (SSSR count). The highest BCUT2D eigenvalue weighted by Gasteiger charge is 2.52. The number of urea groups is 1. The maximum Gasteiger partial charge on any atom is 0.325 e. The van der Waals surface area contributed by atoms with Crippen LogP contribution < -0.4 is 10.6 Å². The van der Waals surface area contributed by atoms with Gasteiger partial charge in [-0.05, 0) is 72.4 Å². The molecule has 4 amide bonds. The minimum Gasteiger partial charge on any atom is -0.325 e. The third-order valence-corrected chi connectivity index (χ3v) is 6.75. The summed E-state index contributed by atoms with van der Waals surface area (Å²) in [7, 11) is 0. The van der Waals surface area contributed by atoms with Gasteiger partial charge in [0.15, 0.2) is 0 Å². The summed E-state index contributed by atoms with van der Waals surface area (Å²) < 4.78 is 0. The molecule has 6 nitrogen and oxygen atoms in total. The Hall–Kier alpha value is -3.15. The van der Waals surface area contributed by atoms with Crippen molar-refractivity contribution in [1.82, 2.24) is 10.2 Å². The molecule has 2 aliphatic carbocycles. The molecule has 3 aliphatic rings. The van der Waals surface area contributed by atoms with E-state index in [0.717, 1.165) is 24.2 Å². The van der Waals surface area contributed by atoms with E-state index in [2.05, 4.69) is 29.7 Å². The second kappa shape index (κ2) is 6.97. The minimum absolute atomic E-state index is 0.265. The van der Waals surface area contributed by atoms with Gasteiger partial charge in [0.25, 0.3) is 5.91 Å². The number of rotatable bonds is 3. The maximum absolute atomic E-state index is 12.9. The fourth-order valence-electron chi connectivity index (χ4n) is 4.98. The van der Waals surface area contributed by atoms with Crippen LogP contribution in [0.3, 0.4) is 0 Å². The zero-order valence-corrected chi connectivity index (χ0v) is 17.0. The third-order valence-electron chi connectivity index (χ3n) is 6.75. The highest BCUT2D eigenvalue weighted by atomic mass is 16.2. The number of carbonyl (C=O) groups excluding carboxylic acids is 3. The Morgan fingerprint density at radius 1 is 1.10 bits per heavy atom. The number of anilines is 1. The predicted molar refractivity (Wildman–Crippen MR) is 114 cm³/mol. The van der Waals surface area contributed by atoms with Crippen LogP contribution in [0.4, 0.5) is 10.5 Å². The minimum atomic E-state index is -0.816. The molecule has 1 saturated heterocycles.